The average Bonchev–Trinajstić information content (AvgIpc) is 2.66. The number of nitriles is 1. The first kappa shape index (κ1) is 18.2. The van der Waals surface area contributed by atoms with E-state index in [4.69, 9.17) is 19.5 Å². The van der Waals surface area contributed by atoms with E-state index in [-0.39, 0.29) is 12.4 Å². The quantitative estimate of drug-likeness (QED) is 0.398. The van der Waals surface area contributed by atoms with Gasteiger partial charge in [0.1, 0.15) is 24.2 Å². The fourth-order valence-electron chi connectivity index (χ4n) is 2.08. The molecule has 0 aliphatic rings. The standard InChI is InChI=1S/C20H19NO4/c1-23-14-15-24-18-9-6-16(7-10-18)19(22)11-8-17-4-2-3-5-20(17)25-13-12-21/h2-11H,13-15H2,1H3. The summed E-state index contributed by atoms with van der Waals surface area (Å²) in [6, 6.07) is 16.1. The zero-order valence-electron chi connectivity index (χ0n) is 14.0. The molecule has 0 bridgehead atoms. The number of ketones is 1. The molecule has 0 fully saturated rings. The summed E-state index contributed by atoms with van der Waals surface area (Å²) in [5, 5.41) is 8.61. The molecule has 0 heterocycles. The predicted octanol–water partition coefficient (Wildman–Crippen LogP) is 3.51. The largest absolute Gasteiger partial charge is 0.491 e. The second-order valence-corrected chi connectivity index (χ2v) is 5.05. The molecule has 0 radical (unpaired) electrons. The van der Waals surface area contributed by atoms with Gasteiger partial charge in [0.2, 0.25) is 0 Å². The Labute approximate surface area is 147 Å². The highest BCUT2D eigenvalue weighted by Crippen LogP contribution is 2.20. The van der Waals surface area contributed by atoms with Crippen molar-refractivity contribution in [1.29, 1.82) is 5.26 Å². The van der Waals surface area contributed by atoms with Gasteiger partial charge < -0.3 is 14.2 Å². The van der Waals surface area contributed by atoms with Crippen LogP contribution in [0, 0.1) is 11.3 Å². The summed E-state index contributed by atoms with van der Waals surface area (Å²) < 4.78 is 15.7. The van der Waals surface area contributed by atoms with E-state index in [0.29, 0.717) is 30.3 Å². The number of hydrogen-bond donors (Lipinski definition) is 0. The van der Waals surface area contributed by atoms with E-state index >= 15 is 0 Å². The predicted molar refractivity (Wildman–Crippen MR) is 94.7 cm³/mol. The minimum absolute atomic E-state index is 0.0384. The smallest absolute Gasteiger partial charge is 0.185 e. The Morgan fingerprint density at radius 3 is 2.56 bits per heavy atom. The first-order chi connectivity index (χ1) is 12.2. The third-order valence-electron chi connectivity index (χ3n) is 3.32. The van der Waals surface area contributed by atoms with Gasteiger partial charge in [0.25, 0.3) is 0 Å². The van der Waals surface area contributed by atoms with Gasteiger partial charge in [-0.1, -0.05) is 18.2 Å². The van der Waals surface area contributed by atoms with Crippen LogP contribution in [0.1, 0.15) is 15.9 Å². The Hall–Kier alpha value is -3.10. The topological polar surface area (TPSA) is 68.6 Å². The number of allylic oxidation sites excluding steroid dienone is 1. The number of methoxy groups -OCH3 is 1. The van der Waals surface area contributed by atoms with Crippen molar-refractivity contribution >= 4 is 11.9 Å². The fraction of sp³-hybridized carbons (Fsp3) is 0.200. The lowest BCUT2D eigenvalue weighted by Crippen LogP contribution is -2.04. The van der Waals surface area contributed by atoms with Crippen molar-refractivity contribution in [1.82, 2.24) is 0 Å². The van der Waals surface area contributed by atoms with Crippen LogP contribution in [-0.4, -0.2) is 32.7 Å². The lowest BCUT2D eigenvalue weighted by Gasteiger charge is -2.06. The number of carbonyl (C=O) groups is 1. The van der Waals surface area contributed by atoms with E-state index in [9.17, 15) is 4.79 Å². The van der Waals surface area contributed by atoms with Gasteiger partial charge in [-0.2, -0.15) is 5.26 Å². The van der Waals surface area contributed by atoms with E-state index < -0.39 is 0 Å². The molecule has 0 atom stereocenters. The van der Waals surface area contributed by atoms with E-state index in [2.05, 4.69) is 0 Å². The van der Waals surface area contributed by atoms with Crippen molar-refractivity contribution in [2.45, 2.75) is 0 Å². The van der Waals surface area contributed by atoms with Gasteiger partial charge in [0.15, 0.2) is 12.4 Å². The zero-order chi connectivity index (χ0) is 17.9. The van der Waals surface area contributed by atoms with E-state index in [1.165, 1.54) is 6.08 Å². The van der Waals surface area contributed by atoms with E-state index in [0.717, 1.165) is 5.56 Å². The molecule has 5 nitrogen and oxygen atoms in total. The molecule has 2 aromatic carbocycles. The lowest BCUT2D eigenvalue weighted by molar-refractivity contribution is 0.104. The van der Waals surface area contributed by atoms with Crippen molar-refractivity contribution in [3.8, 4) is 17.6 Å². The van der Waals surface area contributed by atoms with Crippen molar-refractivity contribution in [3.05, 3.63) is 65.7 Å². The Balaban J connectivity index is 2.02. The maximum absolute atomic E-state index is 12.3. The molecule has 0 N–H and O–H groups in total. The summed E-state index contributed by atoms with van der Waals surface area (Å²) in [5.74, 6) is 1.13. The van der Waals surface area contributed by atoms with Gasteiger partial charge in [-0.3, -0.25) is 4.79 Å². The van der Waals surface area contributed by atoms with Gasteiger partial charge in [-0.15, -0.1) is 0 Å². The molecule has 2 aromatic rings. The number of hydrogen-bond acceptors (Lipinski definition) is 5. The number of carbonyl (C=O) groups excluding carboxylic acids is 1. The monoisotopic (exact) mass is 337 g/mol. The molecule has 0 aliphatic heterocycles. The molecule has 25 heavy (non-hydrogen) atoms. The maximum Gasteiger partial charge on any atom is 0.185 e. The summed E-state index contributed by atoms with van der Waals surface area (Å²) >= 11 is 0. The Morgan fingerprint density at radius 2 is 1.84 bits per heavy atom. The minimum atomic E-state index is -0.126. The third-order valence-corrected chi connectivity index (χ3v) is 3.32. The van der Waals surface area contributed by atoms with Gasteiger partial charge >= 0.3 is 0 Å². The molecule has 0 aliphatic carbocycles. The van der Waals surface area contributed by atoms with E-state index in [1.807, 2.05) is 24.3 Å². The highest BCUT2D eigenvalue weighted by Gasteiger charge is 2.04. The maximum atomic E-state index is 12.3. The average molecular weight is 337 g/mol. The van der Waals surface area contributed by atoms with Crippen molar-refractivity contribution < 1.29 is 19.0 Å². The van der Waals surface area contributed by atoms with Crippen LogP contribution in [0.15, 0.2) is 54.6 Å². The molecule has 0 amide bonds. The number of para-hydroxylation sites is 1. The van der Waals surface area contributed by atoms with Gasteiger partial charge in [-0.05, 0) is 42.5 Å². The molecule has 5 heteroatoms. The Bertz CT molecular complexity index is 760. The molecule has 0 aromatic heterocycles. The molecule has 2 rings (SSSR count). The van der Waals surface area contributed by atoms with Crippen LogP contribution in [-0.2, 0) is 4.74 Å². The fourth-order valence-corrected chi connectivity index (χ4v) is 2.08. The normalized spacial score (nSPS) is 10.4. The second-order valence-electron chi connectivity index (χ2n) is 5.05. The number of ether oxygens (including phenoxy) is 3. The highest BCUT2D eigenvalue weighted by molar-refractivity contribution is 6.07. The summed E-state index contributed by atoms with van der Waals surface area (Å²) in [5.41, 5.74) is 1.30. The van der Waals surface area contributed by atoms with Crippen LogP contribution < -0.4 is 9.47 Å². The van der Waals surface area contributed by atoms with Crippen LogP contribution in [0.25, 0.3) is 6.08 Å². The van der Waals surface area contributed by atoms with Crippen LogP contribution in [0.5, 0.6) is 11.5 Å². The first-order valence-electron chi connectivity index (χ1n) is 7.77. The molecule has 0 unspecified atom stereocenters. The van der Waals surface area contributed by atoms with Gasteiger partial charge in [-0.25, -0.2) is 0 Å². The van der Waals surface area contributed by atoms with Crippen molar-refractivity contribution in [2.75, 3.05) is 26.9 Å². The van der Waals surface area contributed by atoms with Crippen LogP contribution in [0.2, 0.25) is 0 Å². The number of nitrogens with zero attached hydrogens (tertiary/aromatic N) is 1. The summed E-state index contributed by atoms with van der Waals surface area (Å²) in [4.78, 5) is 12.3. The summed E-state index contributed by atoms with van der Waals surface area (Å²) in [6.07, 6.45) is 3.16. The summed E-state index contributed by atoms with van der Waals surface area (Å²) in [7, 11) is 1.61. The van der Waals surface area contributed by atoms with E-state index in [1.54, 1.807) is 43.5 Å². The zero-order valence-corrected chi connectivity index (χ0v) is 14.0. The van der Waals surface area contributed by atoms with Gasteiger partial charge in [0.05, 0.1) is 6.61 Å². The molecule has 128 valence electrons. The molecule has 0 spiro atoms. The highest BCUT2D eigenvalue weighted by atomic mass is 16.5. The number of benzene rings is 2. The number of rotatable bonds is 9. The molecule has 0 saturated carbocycles. The minimum Gasteiger partial charge on any atom is -0.491 e. The molecular formula is C20H19NO4. The Morgan fingerprint density at radius 1 is 1.08 bits per heavy atom. The van der Waals surface area contributed by atoms with Crippen LogP contribution in [0.4, 0.5) is 0 Å². The Kier molecular flexibility index (Phi) is 7.23. The lowest BCUT2D eigenvalue weighted by atomic mass is 10.1. The van der Waals surface area contributed by atoms with Crippen LogP contribution >= 0.6 is 0 Å². The SMILES string of the molecule is COCCOc1ccc(C(=O)C=Cc2ccccc2OCC#N)cc1. The third kappa shape index (κ3) is 5.79. The second kappa shape index (κ2) is 9.91. The molecular weight excluding hydrogens is 318 g/mol. The molecule has 0 saturated heterocycles. The van der Waals surface area contributed by atoms with Crippen molar-refractivity contribution in [2.24, 2.45) is 0 Å². The first-order valence-corrected chi connectivity index (χ1v) is 7.77. The van der Waals surface area contributed by atoms with Crippen LogP contribution in [0.3, 0.4) is 0 Å². The van der Waals surface area contributed by atoms with Crippen molar-refractivity contribution in [3.63, 3.8) is 0 Å². The van der Waals surface area contributed by atoms with Gasteiger partial charge in [0, 0.05) is 18.2 Å². The summed E-state index contributed by atoms with van der Waals surface area (Å²) in [6.45, 7) is 0.934.